The lowest BCUT2D eigenvalue weighted by Gasteiger charge is -2.36. The predicted octanol–water partition coefficient (Wildman–Crippen LogP) is 3.76. The molecule has 1 heterocycles. The average Bonchev–Trinajstić information content (AvgIpc) is 2.59. The van der Waals surface area contributed by atoms with Crippen LogP contribution in [0.1, 0.15) is 31.2 Å². The van der Waals surface area contributed by atoms with Crippen LogP contribution in [0, 0.1) is 0 Å². The van der Waals surface area contributed by atoms with E-state index in [1.54, 1.807) is 6.07 Å². The highest BCUT2D eigenvalue weighted by Gasteiger charge is 2.42. The van der Waals surface area contributed by atoms with E-state index in [-0.39, 0.29) is 12.8 Å². The van der Waals surface area contributed by atoms with E-state index >= 15 is 0 Å². The van der Waals surface area contributed by atoms with Crippen LogP contribution in [0.25, 0.3) is 0 Å². The van der Waals surface area contributed by atoms with Crippen LogP contribution in [0.15, 0.2) is 11.4 Å². The second-order valence-electron chi connectivity index (χ2n) is 4.15. The summed E-state index contributed by atoms with van der Waals surface area (Å²) in [5.41, 5.74) is 6.42. The molecule has 0 amide bonds. The van der Waals surface area contributed by atoms with Crippen LogP contribution in [-0.4, -0.2) is 5.92 Å². The Hall–Kier alpha value is -0.190. The highest BCUT2D eigenvalue weighted by atomic mass is 35.5. The minimum Gasteiger partial charge on any atom is -0.321 e. The van der Waals surface area contributed by atoms with Crippen molar-refractivity contribution in [2.75, 3.05) is 0 Å². The van der Waals surface area contributed by atoms with Crippen LogP contribution in [0.4, 0.5) is 8.78 Å². The normalized spacial score (nSPS) is 24.0. The summed E-state index contributed by atoms with van der Waals surface area (Å²) in [7, 11) is 0. The van der Waals surface area contributed by atoms with E-state index in [1.165, 1.54) is 11.3 Å². The van der Waals surface area contributed by atoms with E-state index in [0.717, 1.165) is 5.56 Å². The molecule has 1 aromatic rings. The zero-order chi connectivity index (χ0) is 11.1. The molecule has 0 atom stereocenters. The number of alkyl halides is 2. The van der Waals surface area contributed by atoms with Gasteiger partial charge in [-0.2, -0.15) is 0 Å². The molecule has 1 saturated carbocycles. The van der Waals surface area contributed by atoms with Gasteiger partial charge in [-0.05, 0) is 29.9 Å². The van der Waals surface area contributed by atoms with Gasteiger partial charge in [0.05, 0.1) is 4.34 Å². The summed E-state index contributed by atoms with van der Waals surface area (Å²) in [5.74, 6) is -2.54. The molecule has 0 aliphatic heterocycles. The van der Waals surface area contributed by atoms with Gasteiger partial charge in [-0.25, -0.2) is 8.78 Å². The van der Waals surface area contributed by atoms with E-state index < -0.39 is 11.5 Å². The van der Waals surface area contributed by atoms with Crippen molar-refractivity contribution in [2.24, 2.45) is 5.73 Å². The third-order valence-corrected chi connectivity index (χ3v) is 4.11. The molecule has 2 rings (SSSR count). The van der Waals surface area contributed by atoms with Crippen LogP contribution in [0.2, 0.25) is 4.34 Å². The summed E-state index contributed by atoms with van der Waals surface area (Å²) in [6.45, 7) is 0. The number of rotatable bonds is 1. The molecule has 0 saturated heterocycles. The van der Waals surface area contributed by atoms with E-state index in [4.69, 9.17) is 17.3 Å². The molecule has 2 N–H and O–H groups in total. The Kier molecular flexibility index (Phi) is 2.77. The monoisotopic (exact) mass is 251 g/mol. The van der Waals surface area contributed by atoms with Crippen molar-refractivity contribution in [3.8, 4) is 0 Å². The SMILES string of the molecule is NC1(c2csc(Cl)c2)CCC(F)(F)CC1. The van der Waals surface area contributed by atoms with Gasteiger partial charge in [0, 0.05) is 18.4 Å². The topological polar surface area (TPSA) is 26.0 Å². The predicted molar refractivity (Wildman–Crippen MR) is 58.6 cm³/mol. The molecule has 0 bridgehead atoms. The standard InChI is InChI=1S/C10H12ClF2NS/c11-8-5-7(6-15-8)9(14)1-3-10(12,13)4-2-9/h5-6H,1-4,14H2. The minimum absolute atomic E-state index is 0.128. The van der Waals surface area contributed by atoms with E-state index in [1.807, 2.05) is 5.38 Å². The van der Waals surface area contributed by atoms with Crippen LogP contribution in [0.5, 0.6) is 0 Å². The van der Waals surface area contributed by atoms with Crippen molar-refractivity contribution in [3.63, 3.8) is 0 Å². The van der Waals surface area contributed by atoms with E-state index in [9.17, 15) is 8.78 Å². The molecular weight excluding hydrogens is 240 g/mol. The summed E-state index contributed by atoms with van der Waals surface area (Å²) in [4.78, 5) is 0. The Balaban J connectivity index is 2.16. The number of hydrogen-bond donors (Lipinski definition) is 1. The van der Waals surface area contributed by atoms with Crippen molar-refractivity contribution in [3.05, 3.63) is 21.3 Å². The molecule has 1 aromatic heterocycles. The van der Waals surface area contributed by atoms with Gasteiger partial charge in [0.1, 0.15) is 0 Å². The molecule has 1 nitrogen and oxygen atoms in total. The lowest BCUT2D eigenvalue weighted by atomic mass is 9.77. The molecule has 84 valence electrons. The van der Waals surface area contributed by atoms with Gasteiger partial charge in [-0.15, -0.1) is 11.3 Å². The van der Waals surface area contributed by atoms with Crippen molar-refractivity contribution in [2.45, 2.75) is 37.1 Å². The number of halogens is 3. The molecule has 0 spiro atoms. The molecule has 1 aliphatic rings. The molecule has 1 fully saturated rings. The third-order valence-electron chi connectivity index (χ3n) is 3.02. The maximum absolute atomic E-state index is 13.0. The quantitative estimate of drug-likeness (QED) is 0.808. The van der Waals surface area contributed by atoms with Crippen LogP contribution in [0.3, 0.4) is 0 Å². The fourth-order valence-corrected chi connectivity index (χ4v) is 2.91. The zero-order valence-electron chi connectivity index (χ0n) is 8.10. The highest BCUT2D eigenvalue weighted by molar-refractivity contribution is 7.14. The van der Waals surface area contributed by atoms with Crippen molar-refractivity contribution in [1.29, 1.82) is 0 Å². The number of nitrogens with two attached hydrogens (primary N) is 1. The highest BCUT2D eigenvalue weighted by Crippen LogP contribution is 2.43. The molecule has 5 heteroatoms. The Morgan fingerprint density at radius 1 is 1.27 bits per heavy atom. The van der Waals surface area contributed by atoms with Gasteiger partial charge in [0.2, 0.25) is 5.92 Å². The van der Waals surface area contributed by atoms with Crippen LogP contribution in [-0.2, 0) is 5.54 Å². The maximum Gasteiger partial charge on any atom is 0.248 e. The van der Waals surface area contributed by atoms with Crippen molar-refractivity contribution < 1.29 is 8.78 Å². The molecule has 1 aliphatic carbocycles. The van der Waals surface area contributed by atoms with Crippen LogP contribution < -0.4 is 5.73 Å². The summed E-state index contributed by atoms with van der Waals surface area (Å²) < 4.78 is 26.6. The van der Waals surface area contributed by atoms with Gasteiger partial charge < -0.3 is 5.73 Å². The molecule has 15 heavy (non-hydrogen) atoms. The Morgan fingerprint density at radius 3 is 2.33 bits per heavy atom. The molecule has 0 unspecified atom stereocenters. The van der Waals surface area contributed by atoms with Gasteiger partial charge >= 0.3 is 0 Å². The first-order valence-corrected chi connectivity index (χ1v) is 6.08. The third kappa shape index (κ3) is 2.32. The van der Waals surface area contributed by atoms with Crippen LogP contribution >= 0.6 is 22.9 Å². The smallest absolute Gasteiger partial charge is 0.248 e. The molecule has 0 radical (unpaired) electrons. The Morgan fingerprint density at radius 2 is 1.87 bits per heavy atom. The Labute approximate surface area is 96.2 Å². The summed E-state index contributed by atoms with van der Waals surface area (Å²) in [6.07, 6.45) is 0.397. The first-order chi connectivity index (χ1) is 6.91. The molecular formula is C10H12ClF2NS. The van der Waals surface area contributed by atoms with E-state index in [0.29, 0.717) is 17.2 Å². The first-order valence-electron chi connectivity index (χ1n) is 4.83. The van der Waals surface area contributed by atoms with E-state index in [2.05, 4.69) is 0 Å². The number of hydrogen-bond acceptors (Lipinski definition) is 2. The second kappa shape index (κ2) is 3.68. The van der Waals surface area contributed by atoms with Crippen molar-refractivity contribution >= 4 is 22.9 Å². The fraction of sp³-hybridized carbons (Fsp3) is 0.600. The van der Waals surface area contributed by atoms with Gasteiger partial charge in [0.15, 0.2) is 0 Å². The van der Waals surface area contributed by atoms with Crippen molar-refractivity contribution in [1.82, 2.24) is 0 Å². The number of thiophene rings is 1. The second-order valence-corrected chi connectivity index (χ2v) is 5.69. The minimum atomic E-state index is -2.54. The zero-order valence-corrected chi connectivity index (χ0v) is 9.68. The lowest BCUT2D eigenvalue weighted by molar-refractivity contribution is -0.0513. The summed E-state index contributed by atoms with van der Waals surface area (Å²) in [5, 5.41) is 1.87. The summed E-state index contributed by atoms with van der Waals surface area (Å²) in [6, 6.07) is 1.79. The fourth-order valence-electron chi connectivity index (χ4n) is 1.92. The summed E-state index contributed by atoms with van der Waals surface area (Å²) >= 11 is 7.21. The van der Waals surface area contributed by atoms with Gasteiger partial charge in [-0.1, -0.05) is 11.6 Å². The average molecular weight is 252 g/mol. The van der Waals surface area contributed by atoms with Gasteiger partial charge in [0.25, 0.3) is 0 Å². The first kappa shape index (κ1) is 11.3. The Bertz CT molecular complexity index is 354. The lowest BCUT2D eigenvalue weighted by Crippen LogP contribution is -2.43. The van der Waals surface area contributed by atoms with Gasteiger partial charge in [-0.3, -0.25) is 0 Å². The molecule has 0 aromatic carbocycles. The maximum atomic E-state index is 13.0. The largest absolute Gasteiger partial charge is 0.321 e.